The van der Waals surface area contributed by atoms with Crippen LogP contribution in [0.5, 0.6) is 0 Å². The van der Waals surface area contributed by atoms with Crippen LogP contribution in [-0.4, -0.2) is 203 Å². The monoisotopic (exact) mass is 979 g/mol. The minimum atomic E-state index is -1.88. The van der Waals surface area contributed by atoms with Crippen LogP contribution < -0.4 is 31.9 Å². The van der Waals surface area contributed by atoms with E-state index in [2.05, 4.69) is 42.2 Å². The fourth-order valence-corrected chi connectivity index (χ4v) is 5.55. The van der Waals surface area contributed by atoms with Crippen molar-refractivity contribution in [2.45, 2.75) is 95.5 Å². The molecule has 0 aliphatic carbocycles. The van der Waals surface area contributed by atoms with Crippen LogP contribution in [0.1, 0.15) is 58.1 Å². The molecule has 68 heavy (non-hydrogen) atoms. The minimum Gasteiger partial charge on any atom is -0.481 e. The normalized spacial score (nSPS) is 13.2. The molecule has 0 saturated carbocycles. The van der Waals surface area contributed by atoms with Crippen LogP contribution in [-0.2, 0) is 79.9 Å². The predicted octanol–water partition coefficient (Wildman–Crippen LogP) is -4.28. The molecule has 5 atom stereocenters. The van der Waals surface area contributed by atoms with E-state index in [9.17, 15) is 72.8 Å². The maximum atomic E-state index is 13.6. The van der Waals surface area contributed by atoms with Crippen LogP contribution in [0.4, 0.5) is 4.39 Å². The number of aryl methyl sites for hydroxylation is 1. The van der Waals surface area contributed by atoms with Crippen molar-refractivity contribution in [3.8, 4) is 0 Å². The van der Waals surface area contributed by atoms with Crippen LogP contribution in [0.25, 0.3) is 0 Å². The molecule has 2 unspecified atom stereocenters. The predicted molar refractivity (Wildman–Crippen MR) is 226 cm³/mol. The number of halogens is 1. The average molecular weight is 980 g/mol. The SMILES string of the molecule is CC(C)[C@H](NC(=O)C(CCC(=O)O)NC(=O)[C@H](CC(=O)O)NC(=O)Cn1cc(CCCF)nn1)C(=O)NC(CC(=O)O)C(=O)N[C@@H](CO)C(=O)NCCOCCOCCOCCOCCC(=O)O. The second kappa shape index (κ2) is 33.9. The van der Waals surface area contributed by atoms with Gasteiger partial charge in [-0.2, -0.15) is 0 Å². The highest BCUT2D eigenvalue weighted by molar-refractivity contribution is 5.98. The molecule has 0 aliphatic rings. The highest BCUT2D eigenvalue weighted by Crippen LogP contribution is 2.08. The number of hydrogen-bond acceptors (Lipinski definition) is 17. The van der Waals surface area contributed by atoms with E-state index in [4.69, 9.17) is 24.1 Å². The molecule has 11 N–H and O–H groups in total. The van der Waals surface area contributed by atoms with Gasteiger partial charge in [0.2, 0.25) is 35.4 Å². The molecule has 0 spiro atoms. The summed E-state index contributed by atoms with van der Waals surface area (Å²) in [4.78, 5) is 124. The lowest BCUT2D eigenvalue weighted by molar-refractivity contribution is -0.142. The molecule has 28 nitrogen and oxygen atoms in total. The number of carbonyl (C=O) groups is 10. The van der Waals surface area contributed by atoms with E-state index in [1.165, 1.54) is 20.0 Å². The number of carboxylic acid groups (broad SMARTS) is 4. The molecule has 0 aromatic carbocycles. The van der Waals surface area contributed by atoms with E-state index in [0.717, 1.165) is 4.68 Å². The number of nitrogens with one attached hydrogen (secondary N) is 6. The number of carboxylic acids is 4. The fraction of sp³-hybridized carbons (Fsp3) is 0.692. The van der Waals surface area contributed by atoms with Gasteiger partial charge in [-0.3, -0.25) is 52.3 Å². The number of aliphatic hydroxyl groups is 1. The van der Waals surface area contributed by atoms with Crippen molar-refractivity contribution in [1.82, 2.24) is 46.9 Å². The smallest absolute Gasteiger partial charge is 0.305 e. The quantitative estimate of drug-likeness (QED) is 0.0278. The molecule has 1 aromatic heterocycles. The molecule has 0 bridgehead atoms. The number of aromatic nitrogens is 3. The number of carbonyl (C=O) groups excluding carboxylic acids is 6. The van der Waals surface area contributed by atoms with Gasteiger partial charge < -0.3 is 76.4 Å². The van der Waals surface area contributed by atoms with Gasteiger partial charge in [0, 0.05) is 19.2 Å². The Hall–Kier alpha value is -6.43. The molecule has 0 fully saturated rings. The largest absolute Gasteiger partial charge is 0.481 e. The van der Waals surface area contributed by atoms with E-state index in [-0.39, 0.29) is 78.7 Å². The van der Waals surface area contributed by atoms with Crippen molar-refractivity contribution in [2.24, 2.45) is 5.92 Å². The first-order chi connectivity index (χ1) is 32.3. The van der Waals surface area contributed by atoms with E-state index < -0.39 is 141 Å². The Balaban J connectivity index is 2.86. The molecule has 1 aromatic rings. The van der Waals surface area contributed by atoms with Gasteiger partial charge in [-0.05, 0) is 25.2 Å². The molecule has 1 heterocycles. The number of ether oxygens (including phenoxy) is 4. The van der Waals surface area contributed by atoms with Crippen LogP contribution in [0, 0.1) is 5.92 Å². The Bertz CT molecular complexity index is 1800. The number of rotatable bonds is 39. The van der Waals surface area contributed by atoms with Gasteiger partial charge in [0.25, 0.3) is 0 Å². The highest BCUT2D eigenvalue weighted by atomic mass is 19.1. The van der Waals surface area contributed by atoms with E-state index in [0.29, 0.717) is 5.69 Å². The molecule has 0 saturated heterocycles. The summed E-state index contributed by atoms with van der Waals surface area (Å²) in [5, 5.41) is 67.6. The third kappa shape index (κ3) is 26.6. The summed E-state index contributed by atoms with van der Waals surface area (Å²) in [5.74, 6) is -12.9. The summed E-state index contributed by atoms with van der Waals surface area (Å²) in [7, 11) is 0. The Labute approximate surface area is 388 Å². The van der Waals surface area contributed by atoms with Crippen molar-refractivity contribution in [3.05, 3.63) is 11.9 Å². The van der Waals surface area contributed by atoms with Gasteiger partial charge >= 0.3 is 23.9 Å². The molecular weight excluding hydrogens is 917 g/mol. The van der Waals surface area contributed by atoms with E-state index in [1.807, 2.05) is 0 Å². The van der Waals surface area contributed by atoms with Crippen molar-refractivity contribution < 1.29 is 96.8 Å². The van der Waals surface area contributed by atoms with Crippen LogP contribution in [0.15, 0.2) is 6.20 Å². The van der Waals surface area contributed by atoms with Crippen molar-refractivity contribution in [1.29, 1.82) is 0 Å². The molecule has 384 valence electrons. The molecule has 0 aliphatic heterocycles. The van der Waals surface area contributed by atoms with Crippen molar-refractivity contribution in [3.63, 3.8) is 0 Å². The van der Waals surface area contributed by atoms with Crippen LogP contribution in [0.3, 0.4) is 0 Å². The van der Waals surface area contributed by atoms with E-state index >= 15 is 0 Å². The standard InChI is InChI=1S/C39H62FN9O19/c1-23(2)34(46-36(61)25(5-6-30(52)53)43-37(62)26(18-32(56)57)42-29(51)21-49-20-24(47-48-49)4-3-8-40)39(64)44-27(19-33(58)59)38(63)45-28(22-50)35(60)41-9-11-66-13-15-68-17-16-67-14-12-65-10-7-31(54)55/h20,23,25-28,34,50H,3-19,21-22H2,1-2H3,(H,41,60)(H,42,51)(H,43,62)(H,44,64)(H,45,63)(H,46,61)(H,52,53)(H,54,55)(H,56,57)(H,58,59)/t25?,26-,27?,28-,34-/m0/s1. The summed E-state index contributed by atoms with van der Waals surface area (Å²) < 4.78 is 34.6. The second-order valence-corrected chi connectivity index (χ2v) is 14.9. The van der Waals surface area contributed by atoms with Crippen molar-refractivity contribution >= 4 is 59.3 Å². The first-order valence-electron chi connectivity index (χ1n) is 21.3. The zero-order valence-corrected chi connectivity index (χ0v) is 37.6. The van der Waals surface area contributed by atoms with Gasteiger partial charge in [-0.25, -0.2) is 4.68 Å². The maximum Gasteiger partial charge on any atom is 0.305 e. The molecule has 29 heteroatoms. The summed E-state index contributed by atoms with van der Waals surface area (Å²) >= 11 is 0. The average Bonchev–Trinajstić information content (AvgIpc) is 3.71. The Morgan fingerprint density at radius 3 is 1.63 bits per heavy atom. The third-order valence-electron chi connectivity index (χ3n) is 8.96. The van der Waals surface area contributed by atoms with Crippen LogP contribution >= 0.6 is 0 Å². The summed E-state index contributed by atoms with van der Waals surface area (Å²) in [5.41, 5.74) is 0.364. The van der Waals surface area contributed by atoms with Crippen molar-refractivity contribution in [2.75, 3.05) is 72.7 Å². The number of aliphatic hydroxyl groups excluding tert-OH is 1. The van der Waals surface area contributed by atoms with Gasteiger partial charge in [0.15, 0.2) is 0 Å². The molecular formula is C39H62FN9O19. The lowest BCUT2D eigenvalue weighted by Gasteiger charge is -2.28. The van der Waals surface area contributed by atoms with Gasteiger partial charge in [-0.1, -0.05) is 19.1 Å². The zero-order chi connectivity index (χ0) is 51.0. The highest BCUT2D eigenvalue weighted by Gasteiger charge is 2.35. The number of amides is 6. The third-order valence-corrected chi connectivity index (χ3v) is 8.96. The lowest BCUT2D eigenvalue weighted by Crippen LogP contribution is -2.60. The lowest BCUT2D eigenvalue weighted by atomic mass is 10.0. The topological polar surface area (TPSA) is 412 Å². The Morgan fingerprint density at radius 2 is 1.12 bits per heavy atom. The number of nitrogens with zero attached hydrogens (tertiary/aromatic N) is 3. The van der Waals surface area contributed by atoms with Gasteiger partial charge in [-0.15, -0.1) is 5.10 Å². The summed E-state index contributed by atoms with van der Waals surface area (Å²) in [6.45, 7) is 2.02. The number of aliphatic carboxylic acids is 4. The maximum absolute atomic E-state index is 13.6. The summed E-state index contributed by atoms with van der Waals surface area (Å²) in [6.07, 6.45) is -1.74. The van der Waals surface area contributed by atoms with Gasteiger partial charge in [0.05, 0.1) is 91.1 Å². The number of hydrogen-bond donors (Lipinski definition) is 11. The first-order valence-corrected chi connectivity index (χ1v) is 21.3. The second-order valence-electron chi connectivity index (χ2n) is 14.9. The molecule has 1 rings (SSSR count). The molecule has 0 radical (unpaired) electrons. The van der Waals surface area contributed by atoms with E-state index in [1.54, 1.807) is 0 Å². The van der Waals surface area contributed by atoms with Crippen LogP contribution in [0.2, 0.25) is 0 Å². The summed E-state index contributed by atoms with van der Waals surface area (Å²) in [6, 6.07) is -8.65. The first kappa shape index (κ1) is 59.6. The Morgan fingerprint density at radius 1 is 0.618 bits per heavy atom. The number of alkyl halides is 1. The fourth-order valence-electron chi connectivity index (χ4n) is 5.55. The minimum absolute atomic E-state index is 0.0117. The molecule has 6 amide bonds. The zero-order valence-electron chi connectivity index (χ0n) is 37.6. The Kier molecular flexibility index (Phi) is 29.7. The van der Waals surface area contributed by atoms with Gasteiger partial charge in [0.1, 0.15) is 36.8 Å².